The Morgan fingerprint density at radius 2 is 1.73 bits per heavy atom. The van der Waals surface area contributed by atoms with Crippen LogP contribution in [0.25, 0.3) is 6.08 Å². The van der Waals surface area contributed by atoms with Crippen LogP contribution < -0.4 is 0 Å². The summed E-state index contributed by atoms with van der Waals surface area (Å²) in [6.07, 6.45) is 3.74. The van der Waals surface area contributed by atoms with Crippen LogP contribution in [0.3, 0.4) is 0 Å². The minimum absolute atomic E-state index is 0.0581. The van der Waals surface area contributed by atoms with Gasteiger partial charge in [-0.25, -0.2) is 0 Å². The number of carbonyl (C=O) groups is 2. The van der Waals surface area contributed by atoms with Crippen LogP contribution in [0, 0.1) is 0 Å². The zero-order valence-corrected chi connectivity index (χ0v) is 17.2. The van der Waals surface area contributed by atoms with Crippen LogP contribution in [0.5, 0.6) is 5.75 Å². The first kappa shape index (κ1) is 21.3. The van der Waals surface area contributed by atoms with Crippen LogP contribution in [0.4, 0.5) is 0 Å². The van der Waals surface area contributed by atoms with Crippen molar-refractivity contribution in [3.8, 4) is 5.75 Å². The molecule has 156 valence electrons. The fourth-order valence-corrected chi connectivity index (χ4v) is 3.52. The number of aliphatic hydroxyl groups excluding tert-OH is 1. The molecule has 2 N–H and O–H groups in total. The molecule has 0 aliphatic carbocycles. The van der Waals surface area contributed by atoms with E-state index in [0.29, 0.717) is 18.5 Å². The van der Waals surface area contributed by atoms with Crippen LogP contribution in [0.2, 0.25) is 0 Å². The number of aliphatic hydroxyl groups is 1. The van der Waals surface area contributed by atoms with E-state index >= 15 is 0 Å². The molecule has 1 aliphatic rings. The average molecular weight is 406 g/mol. The number of benzene rings is 2. The molecule has 0 fully saturated rings. The molecule has 1 heterocycles. The SMILES string of the molecule is CN(C)CCCN1C(=O)C(O)=C(C(=O)C=Cc2ccccc2)C1c1ccc(O)cc1. The quantitative estimate of drug-likeness (QED) is 0.658. The molecular weight excluding hydrogens is 380 g/mol. The molecule has 6 nitrogen and oxygen atoms in total. The Balaban J connectivity index is 1.93. The van der Waals surface area contributed by atoms with Crippen molar-refractivity contribution in [2.75, 3.05) is 27.2 Å². The summed E-state index contributed by atoms with van der Waals surface area (Å²) in [6.45, 7) is 1.16. The van der Waals surface area contributed by atoms with Crippen LogP contribution in [0.1, 0.15) is 23.6 Å². The fraction of sp³-hybridized carbons (Fsp3) is 0.250. The molecule has 0 spiro atoms. The summed E-state index contributed by atoms with van der Waals surface area (Å²) in [5, 5.41) is 20.2. The molecule has 1 unspecified atom stereocenters. The summed E-state index contributed by atoms with van der Waals surface area (Å²) in [6, 6.07) is 15.0. The minimum atomic E-state index is -0.701. The maximum Gasteiger partial charge on any atom is 0.290 e. The molecule has 0 bridgehead atoms. The van der Waals surface area contributed by atoms with Crippen LogP contribution >= 0.6 is 0 Å². The molecule has 0 radical (unpaired) electrons. The van der Waals surface area contributed by atoms with Gasteiger partial charge in [-0.15, -0.1) is 0 Å². The summed E-state index contributed by atoms with van der Waals surface area (Å²) in [7, 11) is 3.89. The third-order valence-electron chi connectivity index (χ3n) is 5.01. The van der Waals surface area contributed by atoms with E-state index in [1.165, 1.54) is 23.1 Å². The van der Waals surface area contributed by atoms with Crippen molar-refractivity contribution in [1.29, 1.82) is 0 Å². The van der Waals surface area contributed by atoms with E-state index in [0.717, 1.165) is 12.1 Å². The number of aromatic hydroxyl groups is 1. The van der Waals surface area contributed by atoms with Crippen molar-refractivity contribution in [3.05, 3.63) is 83.1 Å². The maximum atomic E-state index is 13.0. The van der Waals surface area contributed by atoms with E-state index in [1.807, 2.05) is 49.3 Å². The van der Waals surface area contributed by atoms with Crippen molar-refractivity contribution in [3.63, 3.8) is 0 Å². The Labute approximate surface area is 176 Å². The summed E-state index contributed by atoms with van der Waals surface area (Å²) in [5.41, 5.74) is 1.56. The van der Waals surface area contributed by atoms with E-state index in [1.54, 1.807) is 18.2 Å². The number of amides is 1. The first-order valence-corrected chi connectivity index (χ1v) is 9.83. The lowest BCUT2D eigenvalue weighted by molar-refractivity contribution is -0.129. The smallest absolute Gasteiger partial charge is 0.290 e. The minimum Gasteiger partial charge on any atom is -0.508 e. The number of hydrogen-bond donors (Lipinski definition) is 2. The van der Waals surface area contributed by atoms with Crippen LogP contribution in [-0.4, -0.2) is 58.9 Å². The van der Waals surface area contributed by atoms with Crippen molar-refractivity contribution in [2.45, 2.75) is 12.5 Å². The molecule has 30 heavy (non-hydrogen) atoms. The van der Waals surface area contributed by atoms with Crippen LogP contribution in [-0.2, 0) is 9.59 Å². The van der Waals surface area contributed by atoms with Crippen molar-refractivity contribution < 1.29 is 19.8 Å². The predicted molar refractivity (Wildman–Crippen MR) is 116 cm³/mol. The van der Waals surface area contributed by atoms with Gasteiger partial charge in [0.15, 0.2) is 11.5 Å². The van der Waals surface area contributed by atoms with E-state index in [-0.39, 0.29) is 11.3 Å². The largest absolute Gasteiger partial charge is 0.508 e. The molecule has 1 aliphatic heterocycles. The Hall–Kier alpha value is -3.38. The molecular formula is C24H26N2O4. The lowest BCUT2D eigenvalue weighted by Gasteiger charge is -2.27. The first-order chi connectivity index (χ1) is 14.4. The molecule has 6 heteroatoms. The van der Waals surface area contributed by atoms with Crippen molar-refractivity contribution >= 4 is 17.8 Å². The molecule has 3 rings (SSSR count). The lowest BCUT2D eigenvalue weighted by atomic mass is 9.95. The van der Waals surface area contributed by atoms with Gasteiger partial charge in [0.1, 0.15) is 5.75 Å². The predicted octanol–water partition coefficient (Wildman–Crippen LogP) is 3.32. The Bertz CT molecular complexity index is 962. The van der Waals surface area contributed by atoms with Crippen molar-refractivity contribution in [2.24, 2.45) is 0 Å². The molecule has 2 aromatic carbocycles. The van der Waals surface area contributed by atoms with Gasteiger partial charge in [0, 0.05) is 6.54 Å². The number of allylic oxidation sites excluding steroid dienone is 1. The van der Waals surface area contributed by atoms with Gasteiger partial charge >= 0.3 is 0 Å². The highest BCUT2D eigenvalue weighted by Gasteiger charge is 2.42. The second-order valence-corrected chi connectivity index (χ2v) is 7.52. The number of nitrogens with zero attached hydrogens (tertiary/aromatic N) is 2. The number of carbonyl (C=O) groups excluding carboxylic acids is 2. The van der Waals surface area contributed by atoms with Gasteiger partial charge in [-0.3, -0.25) is 9.59 Å². The number of hydrogen-bond acceptors (Lipinski definition) is 5. The molecule has 2 aromatic rings. The third-order valence-corrected chi connectivity index (χ3v) is 5.01. The van der Waals surface area contributed by atoms with Crippen molar-refractivity contribution in [1.82, 2.24) is 9.80 Å². The number of rotatable bonds is 8. The van der Waals surface area contributed by atoms with E-state index in [9.17, 15) is 19.8 Å². The highest BCUT2D eigenvalue weighted by Crippen LogP contribution is 2.38. The molecule has 0 aromatic heterocycles. The first-order valence-electron chi connectivity index (χ1n) is 9.83. The zero-order valence-electron chi connectivity index (χ0n) is 17.2. The highest BCUT2D eigenvalue weighted by atomic mass is 16.3. The Morgan fingerprint density at radius 3 is 2.37 bits per heavy atom. The zero-order chi connectivity index (χ0) is 21.7. The summed E-state index contributed by atoms with van der Waals surface area (Å²) >= 11 is 0. The number of phenolic OH excluding ortho intramolecular Hbond substituents is 1. The maximum absolute atomic E-state index is 13.0. The van der Waals surface area contributed by atoms with E-state index in [4.69, 9.17) is 0 Å². The molecule has 0 saturated heterocycles. The van der Waals surface area contributed by atoms with E-state index in [2.05, 4.69) is 0 Å². The van der Waals surface area contributed by atoms with Gasteiger partial charge in [0.25, 0.3) is 5.91 Å². The normalized spacial score (nSPS) is 16.8. The Morgan fingerprint density at radius 1 is 1.07 bits per heavy atom. The third kappa shape index (κ3) is 4.78. The lowest BCUT2D eigenvalue weighted by Crippen LogP contribution is -2.33. The second kappa shape index (κ2) is 9.41. The fourth-order valence-electron chi connectivity index (χ4n) is 3.52. The second-order valence-electron chi connectivity index (χ2n) is 7.52. The Kier molecular flexibility index (Phi) is 6.69. The summed E-state index contributed by atoms with van der Waals surface area (Å²) in [5.74, 6) is -1.39. The van der Waals surface area contributed by atoms with Gasteiger partial charge in [0.2, 0.25) is 0 Å². The van der Waals surface area contributed by atoms with Gasteiger partial charge in [-0.05, 0) is 56.4 Å². The van der Waals surface area contributed by atoms with Gasteiger partial charge < -0.3 is 20.0 Å². The van der Waals surface area contributed by atoms with Gasteiger partial charge in [0.05, 0.1) is 11.6 Å². The van der Waals surface area contributed by atoms with Crippen LogP contribution in [0.15, 0.2) is 72.0 Å². The molecule has 0 saturated carbocycles. The number of ketones is 1. The number of phenols is 1. The van der Waals surface area contributed by atoms with Gasteiger partial charge in [-0.1, -0.05) is 48.5 Å². The standard InChI is InChI=1S/C24H26N2O4/c1-25(2)15-6-16-26-22(18-10-12-19(27)13-11-18)21(23(29)24(26)30)20(28)14-9-17-7-4-3-5-8-17/h3-5,7-14,22,27,29H,6,15-16H2,1-2H3. The summed E-state index contributed by atoms with van der Waals surface area (Å²) < 4.78 is 0. The highest BCUT2D eigenvalue weighted by molar-refractivity contribution is 6.14. The average Bonchev–Trinajstić information content (AvgIpc) is 2.98. The summed E-state index contributed by atoms with van der Waals surface area (Å²) in [4.78, 5) is 29.3. The van der Waals surface area contributed by atoms with E-state index < -0.39 is 23.5 Å². The monoisotopic (exact) mass is 406 g/mol. The topological polar surface area (TPSA) is 81.1 Å². The molecule has 1 atom stereocenters. The van der Waals surface area contributed by atoms with Gasteiger partial charge in [-0.2, -0.15) is 0 Å². The molecule has 1 amide bonds.